The zero-order chi connectivity index (χ0) is 13.1. The molecular formula is C11H19N5O2. The first-order chi connectivity index (χ1) is 8.61. The molecule has 1 aliphatic rings. The third kappa shape index (κ3) is 2.68. The molecule has 18 heavy (non-hydrogen) atoms. The van der Waals surface area contributed by atoms with E-state index in [9.17, 15) is 4.79 Å². The van der Waals surface area contributed by atoms with Crippen LogP contribution in [0.25, 0.3) is 0 Å². The molecule has 2 heterocycles. The van der Waals surface area contributed by atoms with Crippen LogP contribution in [0.15, 0.2) is 4.52 Å². The number of hydrogen-bond acceptors (Lipinski definition) is 6. The van der Waals surface area contributed by atoms with Crippen LogP contribution in [0.1, 0.15) is 25.6 Å². The highest BCUT2D eigenvalue weighted by atomic mass is 16.5. The van der Waals surface area contributed by atoms with Crippen molar-refractivity contribution in [1.29, 1.82) is 0 Å². The van der Waals surface area contributed by atoms with Crippen LogP contribution in [-0.4, -0.2) is 40.1 Å². The van der Waals surface area contributed by atoms with Gasteiger partial charge < -0.3 is 15.6 Å². The Balaban J connectivity index is 2.08. The Morgan fingerprint density at radius 3 is 3.00 bits per heavy atom. The Hall–Kier alpha value is -1.47. The average Bonchev–Trinajstić information content (AvgIpc) is 2.76. The van der Waals surface area contributed by atoms with E-state index in [0.717, 1.165) is 6.54 Å². The molecule has 0 aliphatic carbocycles. The summed E-state index contributed by atoms with van der Waals surface area (Å²) in [5.74, 6) is 1.31. The van der Waals surface area contributed by atoms with Crippen LogP contribution >= 0.6 is 0 Å². The zero-order valence-electron chi connectivity index (χ0n) is 10.7. The maximum Gasteiger partial charge on any atom is 0.240 e. The first kappa shape index (κ1) is 13.0. The van der Waals surface area contributed by atoms with Crippen molar-refractivity contribution in [1.82, 2.24) is 20.4 Å². The van der Waals surface area contributed by atoms with Gasteiger partial charge in [0.25, 0.3) is 0 Å². The molecule has 0 spiro atoms. The fraction of sp³-hybridized carbons (Fsp3) is 0.727. The lowest BCUT2D eigenvalue weighted by molar-refractivity contribution is -0.131. The second-order valence-corrected chi connectivity index (χ2v) is 4.76. The van der Waals surface area contributed by atoms with Gasteiger partial charge in [0.05, 0.1) is 19.1 Å². The quantitative estimate of drug-likeness (QED) is 0.749. The Morgan fingerprint density at radius 1 is 1.61 bits per heavy atom. The monoisotopic (exact) mass is 253 g/mol. The number of nitrogens with two attached hydrogens (primary N) is 1. The zero-order valence-corrected chi connectivity index (χ0v) is 10.7. The normalized spacial score (nSPS) is 21.3. The van der Waals surface area contributed by atoms with Crippen LogP contribution in [0.4, 0.5) is 0 Å². The lowest BCUT2D eigenvalue weighted by Gasteiger charge is -2.36. The molecule has 0 aromatic carbocycles. The van der Waals surface area contributed by atoms with E-state index in [-0.39, 0.29) is 24.4 Å². The Labute approximate surface area is 106 Å². The van der Waals surface area contributed by atoms with Crippen molar-refractivity contribution in [3.05, 3.63) is 11.7 Å². The van der Waals surface area contributed by atoms with Gasteiger partial charge in [-0.15, -0.1) is 0 Å². The first-order valence-corrected chi connectivity index (χ1v) is 6.15. The van der Waals surface area contributed by atoms with Crippen LogP contribution in [0, 0.1) is 5.92 Å². The standard InChI is InChI=1S/C11H19N5O2/c1-7(2)10-11(17)13-3-4-16(10)6-8-14-9(5-12)18-15-8/h7,10H,3-6,12H2,1-2H3,(H,13,17). The Morgan fingerprint density at radius 2 is 2.39 bits per heavy atom. The number of carbonyl (C=O) groups excluding carboxylic acids is 1. The van der Waals surface area contributed by atoms with Crippen LogP contribution in [0.2, 0.25) is 0 Å². The van der Waals surface area contributed by atoms with Crippen molar-refractivity contribution in [3.8, 4) is 0 Å². The third-order valence-electron chi connectivity index (χ3n) is 3.02. The number of piperazine rings is 1. The van der Waals surface area contributed by atoms with Gasteiger partial charge in [-0.25, -0.2) is 0 Å². The van der Waals surface area contributed by atoms with Gasteiger partial charge >= 0.3 is 0 Å². The van der Waals surface area contributed by atoms with Gasteiger partial charge in [0.1, 0.15) is 0 Å². The second-order valence-electron chi connectivity index (χ2n) is 4.76. The molecule has 1 unspecified atom stereocenters. The van der Waals surface area contributed by atoms with Crippen molar-refractivity contribution < 1.29 is 9.32 Å². The number of rotatable bonds is 4. The topological polar surface area (TPSA) is 97.3 Å². The molecule has 100 valence electrons. The minimum absolute atomic E-state index is 0.0683. The van der Waals surface area contributed by atoms with Gasteiger partial charge in [0.15, 0.2) is 5.82 Å². The number of carbonyl (C=O) groups is 1. The molecule has 7 heteroatoms. The predicted molar refractivity (Wildman–Crippen MR) is 64.2 cm³/mol. The molecule has 0 radical (unpaired) electrons. The van der Waals surface area contributed by atoms with Crippen molar-refractivity contribution in [2.24, 2.45) is 11.7 Å². The number of amides is 1. The molecule has 1 amide bonds. The molecule has 3 N–H and O–H groups in total. The van der Waals surface area contributed by atoms with Crippen LogP contribution in [-0.2, 0) is 17.9 Å². The average molecular weight is 253 g/mol. The van der Waals surface area contributed by atoms with Gasteiger partial charge in [-0.3, -0.25) is 9.69 Å². The van der Waals surface area contributed by atoms with Gasteiger partial charge in [0.2, 0.25) is 11.8 Å². The summed E-state index contributed by atoms with van der Waals surface area (Å²) in [6.07, 6.45) is 0. The molecule has 0 saturated carbocycles. The summed E-state index contributed by atoms with van der Waals surface area (Å²) in [5.41, 5.74) is 5.42. The second kappa shape index (κ2) is 5.45. The highest BCUT2D eigenvalue weighted by molar-refractivity contribution is 5.82. The summed E-state index contributed by atoms with van der Waals surface area (Å²) in [6.45, 7) is 6.26. The first-order valence-electron chi connectivity index (χ1n) is 6.15. The molecule has 0 bridgehead atoms. The van der Waals surface area contributed by atoms with Gasteiger partial charge in [-0.2, -0.15) is 4.98 Å². The molecular weight excluding hydrogens is 234 g/mol. The highest BCUT2D eigenvalue weighted by Crippen LogP contribution is 2.16. The summed E-state index contributed by atoms with van der Waals surface area (Å²) < 4.78 is 4.96. The fourth-order valence-corrected chi connectivity index (χ4v) is 2.25. The summed E-state index contributed by atoms with van der Waals surface area (Å²) in [7, 11) is 0. The lowest BCUT2D eigenvalue weighted by atomic mass is 10.00. The molecule has 1 saturated heterocycles. The van der Waals surface area contributed by atoms with E-state index in [1.165, 1.54) is 0 Å². The maximum absolute atomic E-state index is 11.9. The molecule has 1 fully saturated rings. The van der Waals surface area contributed by atoms with E-state index >= 15 is 0 Å². The molecule has 1 aromatic rings. The van der Waals surface area contributed by atoms with Crippen molar-refractivity contribution in [3.63, 3.8) is 0 Å². The minimum Gasteiger partial charge on any atom is -0.353 e. The SMILES string of the molecule is CC(C)C1C(=O)NCCN1Cc1noc(CN)n1. The van der Waals surface area contributed by atoms with Crippen LogP contribution in [0.5, 0.6) is 0 Å². The number of nitrogens with zero attached hydrogens (tertiary/aromatic N) is 3. The Bertz CT molecular complexity index is 417. The largest absolute Gasteiger partial charge is 0.353 e. The summed E-state index contributed by atoms with van der Waals surface area (Å²) >= 11 is 0. The van der Waals surface area contributed by atoms with E-state index < -0.39 is 0 Å². The van der Waals surface area contributed by atoms with Crippen LogP contribution in [0.3, 0.4) is 0 Å². The van der Waals surface area contributed by atoms with E-state index in [4.69, 9.17) is 10.3 Å². The van der Waals surface area contributed by atoms with Gasteiger partial charge in [0, 0.05) is 13.1 Å². The molecule has 1 aliphatic heterocycles. The fourth-order valence-electron chi connectivity index (χ4n) is 2.25. The predicted octanol–water partition coefficient (Wildman–Crippen LogP) is -0.515. The van der Waals surface area contributed by atoms with E-state index in [2.05, 4.69) is 20.4 Å². The number of hydrogen-bond donors (Lipinski definition) is 2. The molecule has 1 aromatic heterocycles. The third-order valence-corrected chi connectivity index (χ3v) is 3.02. The van der Waals surface area contributed by atoms with Crippen molar-refractivity contribution in [2.45, 2.75) is 33.0 Å². The van der Waals surface area contributed by atoms with Gasteiger partial charge in [-0.05, 0) is 5.92 Å². The molecule has 7 nitrogen and oxygen atoms in total. The van der Waals surface area contributed by atoms with E-state index in [0.29, 0.717) is 24.8 Å². The van der Waals surface area contributed by atoms with E-state index in [1.54, 1.807) is 0 Å². The van der Waals surface area contributed by atoms with Crippen molar-refractivity contribution >= 4 is 5.91 Å². The number of nitrogens with one attached hydrogen (secondary N) is 1. The summed E-state index contributed by atoms with van der Waals surface area (Å²) in [6, 6.07) is -0.140. The lowest BCUT2D eigenvalue weighted by Crippen LogP contribution is -2.56. The van der Waals surface area contributed by atoms with Crippen LogP contribution < -0.4 is 11.1 Å². The maximum atomic E-state index is 11.9. The smallest absolute Gasteiger partial charge is 0.240 e. The summed E-state index contributed by atoms with van der Waals surface area (Å²) in [5, 5.41) is 6.74. The summed E-state index contributed by atoms with van der Waals surface area (Å²) in [4.78, 5) is 18.1. The highest BCUT2D eigenvalue weighted by Gasteiger charge is 2.32. The Kier molecular flexibility index (Phi) is 3.93. The van der Waals surface area contributed by atoms with Crippen molar-refractivity contribution in [2.75, 3.05) is 13.1 Å². The van der Waals surface area contributed by atoms with E-state index in [1.807, 2.05) is 13.8 Å². The van der Waals surface area contributed by atoms with Gasteiger partial charge in [-0.1, -0.05) is 19.0 Å². The molecule has 1 atom stereocenters. The molecule has 2 rings (SSSR count). The minimum atomic E-state index is -0.140. The number of aromatic nitrogens is 2.